The third-order valence-corrected chi connectivity index (χ3v) is 14.2. The third-order valence-electron chi connectivity index (χ3n) is 10.7. The molecule has 0 aliphatic carbocycles. The number of hydrogen-bond acceptors (Lipinski definition) is 20. The van der Waals surface area contributed by atoms with E-state index in [0.717, 1.165) is 51.6 Å². The maximum atomic E-state index is 13.6. The number of anilines is 2. The van der Waals surface area contributed by atoms with Crippen LogP contribution in [-0.4, -0.2) is 115 Å². The minimum atomic E-state index is -0.507. The second kappa shape index (κ2) is 23.1. The summed E-state index contributed by atoms with van der Waals surface area (Å²) < 4.78 is 13.8. The molecule has 0 bridgehead atoms. The molecule has 0 unspecified atom stereocenters. The topological polar surface area (TPSA) is 261 Å². The highest BCUT2D eigenvalue weighted by molar-refractivity contribution is 8.00. The van der Waals surface area contributed by atoms with E-state index in [4.69, 9.17) is 9.47 Å². The van der Waals surface area contributed by atoms with Gasteiger partial charge < -0.3 is 25.0 Å². The number of ether oxygens (including phenoxy) is 2. The highest BCUT2D eigenvalue weighted by atomic mass is 32.2. The van der Waals surface area contributed by atoms with E-state index in [1.807, 2.05) is 54.6 Å². The molecule has 2 N–H and O–H groups in total. The molecule has 0 saturated carbocycles. The maximum absolute atomic E-state index is 13.6. The SMILES string of the molecule is O=C(CSc1nc2nccnc2c(=O)n1CCc1ccccc1)Nc1nc(CC(=O)OCc2ccc(CCn3c(SCC(=O)Nc4nc(C(=O)N5CCOCC5)cs4)nc4nccnc4c3=O)cc2)cs1. The maximum Gasteiger partial charge on any atom is 0.312 e. The summed E-state index contributed by atoms with van der Waals surface area (Å²) in [4.78, 5) is 115. The van der Waals surface area contributed by atoms with Crippen LogP contribution in [-0.2, 0) is 62.8 Å². The zero-order chi connectivity index (χ0) is 49.1. The summed E-state index contributed by atoms with van der Waals surface area (Å²) >= 11 is 4.48. The molecule has 1 aliphatic heterocycles. The summed E-state index contributed by atoms with van der Waals surface area (Å²) in [5, 5.41) is 9.96. The fraction of sp³-hybridized carbons (Fsp3) is 0.261. The highest BCUT2D eigenvalue weighted by Crippen LogP contribution is 2.23. The van der Waals surface area contributed by atoms with Gasteiger partial charge in [-0.3, -0.25) is 37.9 Å². The van der Waals surface area contributed by atoms with Crippen LogP contribution in [0, 0.1) is 0 Å². The number of carbonyl (C=O) groups excluding carboxylic acids is 4. The number of fused-ring (bicyclic) bond motifs is 2. The lowest BCUT2D eigenvalue weighted by Gasteiger charge is -2.25. The van der Waals surface area contributed by atoms with Crippen molar-refractivity contribution in [3.63, 3.8) is 0 Å². The van der Waals surface area contributed by atoms with Gasteiger partial charge in [-0.05, 0) is 29.5 Å². The molecular weight excluding hydrogens is 991 g/mol. The van der Waals surface area contributed by atoms with Gasteiger partial charge >= 0.3 is 5.97 Å². The van der Waals surface area contributed by atoms with Crippen LogP contribution < -0.4 is 21.8 Å². The van der Waals surface area contributed by atoms with Crippen LogP contribution in [0.5, 0.6) is 0 Å². The van der Waals surface area contributed by atoms with Crippen molar-refractivity contribution in [3.05, 3.63) is 139 Å². The molecule has 8 aromatic rings. The van der Waals surface area contributed by atoms with Gasteiger partial charge in [-0.15, -0.1) is 22.7 Å². The van der Waals surface area contributed by atoms with Gasteiger partial charge in [0.2, 0.25) is 11.8 Å². The molecule has 6 aromatic heterocycles. The zero-order valence-electron chi connectivity index (χ0n) is 37.5. The van der Waals surface area contributed by atoms with Crippen LogP contribution in [0.15, 0.2) is 110 Å². The Kier molecular flexibility index (Phi) is 15.8. The number of nitrogens with zero attached hydrogens (tertiary/aromatic N) is 11. The van der Waals surface area contributed by atoms with Crippen LogP contribution in [0.4, 0.5) is 10.3 Å². The predicted molar refractivity (Wildman–Crippen MR) is 267 cm³/mol. The quantitative estimate of drug-likeness (QED) is 0.0650. The molecule has 21 nitrogen and oxygen atoms in total. The number of amides is 3. The minimum absolute atomic E-state index is 0.0109. The van der Waals surface area contributed by atoms with Gasteiger partial charge in [-0.1, -0.05) is 78.1 Å². The van der Waals surface area contributed by atoms with Crippen LogP contribution in [0.3, 0.4) is 0 Å². The van der Waals surface area contributed by atoms with Crippen molar-refractivity contribution in [2.75, 3.05) is 48.4 Å². The van der Waals surface area contributed by atoms with Gasteiger partial charge in [-0.2, -0.15) is 0 Å². The first-order valence-electron chi connectivity index (χ1n) is 22.0. The Morgan fingerprint density at radius 1 is 0.648 bits per heavy atom. The molecular formula is C46H41N13O8S4. The van der Waals surface area contributed by atoms with Crippen molar-refractivity contribution in [3.8, 4) is 0 Å². The third kappa shape index (κ3) is 12.5. The van der Waals surface area contributed by atoms with Crippen LogP contribution in [0.1, 0.15) is 32.9 Å². The largest absolute Gasteiger partial charge is 0.461 e. The first-order valence-corrected chi connectivity index (χ1v) is 25.7. The minimum Gasteiger partial charge on any atom is -0.461 e. The molecule has 0 radical (unpaired) electrons. The molecule has 362 valence electrons. The fourth-order valence-corrected chi connectivity index (χ4v) is 10.2. The molecule has 1 fully saturated rings. The normalized spacial score (nSPS) is 12.5. The predicted octanol–water partition coefficient (Wildman–Crippen LogP) is 4.30. The molecule has 25 heteroatoms. The van der Waals surface area contributed by atoms with Crippen LogP contribution >= 0.6 is 46.2 Å². The van der Waals surface area contributed by atoms with Gasteiger partial charge in [0, 0.05) is 61.7 Å². The standard InChI is InChI=1S/C46H41N13O8S4/c60-33(26-70-45-55-38-36(47-12-14-49-38)41(64)58(45)16-10-28-4-2-1-3-5-28)53-43-51-31(24-68-43)22-35(62)67-23-30-8-6-29(7-9-30)11-17-59-42(65)37-39(50-15-13-48-37)56-46(59)71-27-34(61)54-44-52-32(25-69-44)40(63)57-18-20-66-21-19-57/h1-9,12-15,24-25H,10-11,16-23,26-27H2,(H,51,53,60)(H,52,54,61). The first-order chi connectivity index (χ1) is 34.6. The van der Waals surface area contributed by atoms with Crippen LogP contribution in [0.2, 0.25) is 0 Å². The molecule has 9 rings (SSSR count). The van der Waals surface area contributed by atoms with Crippen molar-refractivity contribution in [1.29, 1.82) is 0 Å². The average Bonchev–Trinajstić information content (AvgIpc) is 4.06. The second-order valence-electron chi connectivity index (χ2n) is 15.6. The van der Waals surface area contributed by atoms with E-state index in [1.54, 1.807) is 15.7 Å². The average molecular weight is 1030 g/mol. The zero-order valence-corrected chi connectivity index (χ0v) is 40.7. The van der Waals surface area contributed by atoms with E-state index in [1.165, 1.54) is 45.3 Å². The Labute approximate surface area is 419 Å². The Morgan fingerprint density at radius 2 is 1.18 bits per heavy atom. The lowest BCUT2D eigenvalue weighted by molar-refractivity contribution is -0.144. The summed E-state index contributed by atoms with van der Waals surface area (Å²) in [6, 6.07) is 17.1. The van der Waals surface area contributed by atoms with Crippen LogP contribution in [0.25, 0.3) is 22.3 Å². The number of carbonyl (C=O) groups is 4. The van der Waals surface area contributed by atoms with Crippen molar-refractivity contribution in [2.45, 2.75) is 49.3 Å². The Bertz CT molecular complexity index is 3340. The number of aryl methyl sites for hydroxylation is 2. The molecule has 3 amide bonds. The van der Waals surface area contributed by atoms with E-state index in [-0.39, 0.29) is 86.8 Å². The molecule has 71 heavy (non-hydrogen) atoms. The lowest BCUT2D eigenvalue weighted by Crippen LogP contribution is -2.40. The number of morpholine rings is 1. The number of rotatable bonds is 19. The van der Waals surface area contributed by atoms with Gasteiger partial charge in [0.1, 0.15) is 12.3 Å². The van der Waals surface area contributed by atoms with Gasteiger partial charge in [-0.25, -0.2) is 39.9 Å². The van der Waals surface area contributed by atoms with E-state index < -0.39 is 17.4 Å². The van der Waals surface area contributed by atoms with E-state index in [9.17, 15) is 28.8 Å². The second-order valence-corrected chi connectivity index (χ2v) is 19.2. The summed E-state index contributed by atoms with van der Waals surface area (Å²) in [6.45, 7) is 2.44. The fourth-order valence-electron chi connectivity index (χ4n) is 7.14. The number of benzene rings is 2. The smallest absolute Gasteiger partial charge is 0.312 e. The number of aromatic nitrogens is 10. The number of thioether (sulfide) groups is 2. The molecule has 0 atom stereocenters. The summed E-state index contributed by atoms with van der Waals surface area (Å²) in [5.41, 5.74) is 3.21. The Morgan fingerprint density at radius 3 is 1.79 bits per heavy atom. The highest BCUT2D eigenvalue weighted by Gasteiger charge is 2.23. The molecule has 2 aromatic carbocycles. The number of hydrogen-bond donors (Lipinski definition) is 2. The summed E-state index contributed by atoms with van der Waals surface area (Å²) in [7, 11) is 0. The molecule has 0 spiro atoms. The molecule has 1 aliphatic rings. The summed E-state index contributed by atoms with van der Waals surface area (Å²) in [5.74, 6) is -1.66. The number of esters is 1. The van der Waals surface area contributed by atoms with Crippen molar-refractivity contribution in [1.82, 2.24) is 53.9 Å². The van der Waals surface area contributed by atoms with E-state index in [2.05, 4.69) is 50.5 Å². The van der Waals surface area contributed by atoms with Crippen molar-refractivity contribution >= 4 is 102 Å². The van der Waals surface area contributed by atoms with Crippen molar-refractivity contribution < 1.29 is 28.7 Å². The van der Waals surface area contributed by atoms with Gasteiger partial charge in [0.25, 0.3) is 17.0 Å². The number of thiazole rings is 2. The summed E-state index contributed by atoms with van der Waals surface area (Å²) in [6.07, 6.45) is 6.65. The van der Waals surface area contributed by atoms with Gasteiger partial charge in [0.05, 0.1) is 36.8 Å². The molecule has 7 heterocycles. The van der Waals surface area contributed by atoms with Crippen molar-refractivity contribution in [2.24, 2.45) is 0 Å². The monoisotopic (exact) mass is 1030 g/mol. The lowest BCUT2D eigenvalue weighted by atomic mass is 10.1. The van der Waals surface area contributed by atoms with E-state index >= 15 is 0 Å². The van der Waals surface area contributed by atoms with E-state index in [0.29, 0.717) is 61.7 Å². The number of nitrogens with one attached hydrogen (secondary N) is 2. The molecule has 1 saturated heterocycles. The first kappa shape index (κ1) is 48.7. The Balaban J connectivity index is 0.744. The van der Waals surface area contributed by atoms with Gasteiger partial charge in [0.15, 0.2) is 42.9 Å². The Hall–Kier alpha value is -7.32.